The molecule has 0 aliphatic carbocycles. The van der Waals surface area contributed by atoms with Gasteiger partial charge in [-0.3, -0.25) is 9.19 Å². The minimum atomic E-state index is -1.27. The Labute approximate surface area is 130 Å². The molecule has 21 heavy (non-hydrogen) atoms. The topological polar surface area (TPSA) is 56.0 Å². The van der Waals surface area contributed by atoms with Crippen LogP contribution in [0.1, 0.15) is 5.69 Å². The summed E-state index contributed by atoms with van der Waals surface area (Å²) in [6, 6.07) is 16.7. The normalized spacial score (nSPS) is 12.4. The maximum absolute atomic E-state index is 12.5. The molecule has 0 saturated carbocycles. The van der Waals surface area contributed by atoms with Gasteiger partial charge in [0, 0.05) is 11.1 Å². The van der Waals surface area contributed by atoms with E-state index in [4.69, 9.17) is 17.3 Å². The van der Waals surface area contributed by atoms with Crippen molar-refractivity contribution in [1.29, 1.82) is 0 Å². The first kappa shape index (κ1) is 14.0. The van der Waals surface area contributed by atoms with Crippen LogP contribution < -0.4 is 5.73 Å². The minimum Gasteiger partial charge on any atom is -0.399 e. The highest BCUT2D eigenvalue weighted by Gasteiger charge is 2.11. The van der Waals surface area contributed by atoms with E-state index in [0.29, 0.717) is 21.4 Å². The van der Waals surface area contributed by atoms with Crippen molar-refractivity contribution in [2.75, 3.05) is 5.73 Å². The van der Waals surface area contributed by atoms with Crippen molar-refractivity contribution in [2.45, 2.75) is 10.6 Å². The van der Waals surface area contributed by atoms with Gasteiger partial charge < -0.3 is 5.73 Å². The number of rotatable bonds is 3. The molecular formula is C16H13ClN2OS. The predicted octanol–water partition coefficient (Wildman–Crippen LogP) is 3.78. The summed E-state index contributed by atoms with van der Waals surface area (Å²) in [5.74, 6) is 0.313. The second kappa shape index (κ2) is 5.84. The Bertz CT molecular complexity index is 835. The van der Waals surface area contributed by atoms with Crippen LogP contribution in [0.25, 0.3) is 10.9 Å². The molecule has 1 aromatic heterocycles. The number of nitrogens with zero attached hydrogens (tertiary/aromatic N) is 1. The van der Waals surface area contributed by atoms with E-state index in [1.54, 1.807) is 18.2 Å². The lowest BCUT2D eigenvalue weighted by Gasteiger charge is -2.06. The third-order valence-corrected chi connectivity index (χ3v) is 4.96. The van der Waals surface area contributed by atoms with Crippen LogP contribution in [0, 0.1) is 0 Å². The molecule has 0 fully saturated rings. The molecule has 0 spiro atoms. The summed E-state index contributed by atoms with van der Waals surface area (Å²) in [6.07, 6.45) is 0. The molecule has 3 rings (SSSR count). The smallest absolute Gasteiger partial charge is 0.0706 e. The number of hydrogen-bond donors (Lipinski definition) is 1. The van der Waals surface area contributed by atoms with Gasteiger partial charge in [-0.05, 0) is 30.3 Å². The number of nitrogen functional groups attached to an aromatic ring is 1. The predicted molar refractivity (Wildman–Crippen MR) is 87.7 cm³/mol. The lowest BCUT2D eigenvalue weighted by molar-refractivity contribution is 0.682. The summed E-state index contributed by atoms with van der Waals surface area (Å²) in [7, 11) is -1.27. The molecule has 106 valence electrons. The Hall–Kier alpha value is -1.91. The molecule has 0 radical (unpaired) electrons. The molecule has 0 aliphatic rings. The largest absolute Gasteiger partial charge is 0.399 e. The zero-order valence-electron chi connectivity index (χ0n) is 11.1. The number of para-hydroxylation sites is 1. The number of fused-ring (bicyclic) bond motifs is 1. The van der Waals surface area contributed by atoms with Crippen molar-refractivity contribution in [2.24, 2.45) is 0 Å². The molecule has 3 aromatic rings. The van der Waals surface area contributed by atoms with Gasteiger partial charge in [0.1, 0.15) is 0 Å². The van der Waals surface area contributed by atoms with E-state index in [9.17, 15) is 4.21 Å². The molecule has 5 heteroatoms. The number of pyridine rings is 1. The van der Waals surface area contributed by atoms with Gasteiger partial charge >= 0.3 is 0 Å². The summed E-state index contributed by atoms with van der Waals surface area (Å²) < 4.78 is 12.5. The summed E-state index contributed by atoms with van der Waals surface area (Å²) in [6.45, 7) is 0. The summed E-state index contributed by atoms with van der Waals surface area (Å²) in [4.78, 5) is 5.07. The maximum atomic E-state index is 12.5. The van der Waals surface area contributed by atoms with Gasteiger partial charge in [0.2, 0.25) is 0 Å². The molecule has 0 aliphatic heterocycles. The third kappa shape index (κ3) is 3.06. The van der Waals surface area contributed by atoms with Gasteiger partial charge in [-0.1, -0.05) is 35.9 Å². The molecule has 3 nitrogen and oxygen atoms in total. The first-order valence-electron chi connectivity index (χ1n) is 6.41. The zero-order valence-corrected chi connectivity index (χ0v) is 12.7. The van der Waals surface area contributed by atoms with Gasteiger partial charge in [0.05, 0.1) is 37.7 Å². The van der Waals surface area contributed by atoms with E-state index in [1.165, 1.54) is 0 Å². The number of halogens is 1. The van der Waals surface area contributed by atoms with Crippen molar-refractivity contribution in [3.05, 3.63) is 65.3 Å². The van der Waals surface area contributed by atoms with Crippen molar-refractivity contribution < 1.29 is 4.21 Å². The van der Waals surface area contributed by atoms with Crippen LogP contribution in [0.15, 0.2) is 59.5 Å². The molecule has 1 atom stereocenters. The van der Waals surface area contributed by atoms with Gasteiger partial charge in [0.25, 0.3) is 0 Å². The van der Waals surface area contributed by atoms with Crippen molar-refractivity contribution in [1.82, 2.24) is 4.98 Å². The Balaban J connectivity index is 1.90. The van der Waals surface area contributed by atoms with Crippen molar-refractivity contribution in [3.63, 3.8) is 0 Å². The fourth-order valence-corrected chi connectivity index (χ4v) is 3.61. The van der Waals surface area contributed by atoms with Crippen LogP contribution in [-0.2, 0) is 16.6 Å². The quantitative estimate of drug-likeness (QED) is 0.748. The first-order valence-corrected chi connectivity index (χ1v) is 8.11. The fourth-order valence-electron chi connectivity index (χ4n) is 2.10. The lowest BCUT2D eigenvalue weighted by Crippen LogP contribution is -2.00. The van der Waals surface area contributed by atoms with Crippen LogP contribution in [0.2, 0.25) is 5.02 Å². The van der Waals surface area contributed by atoms with Crippen molar-refractivity contribution >= 4 is 39.0 Å². The maximum Gasteiger partial charge on any atom is 0.0706 e. The Kier molecular flexibility index (Phi) is 3.90. The SMILES string of the molecule is Nc1ccc(Cl)c(S(=O)Cc2ccc3ccccc3n2)c1. The summed E-state index contributed by atoms with van der Waals surface area (Å²) in [5.41, 5.74) is 7.94. The second-order valence-corrected chi connectivity index (χ2v) is 6.50. The van der Waals surface area contributed by atoms with E-state index in [2.05, 4.69) is 4.98 Å². The molecule has 0 amide bonds. The molecule has 2 N–H and O–H groups in total. The average Bonchev–Trinajstić information content (AvgIpc) is 2.49. The fraction of sp³-hybridized carbons (Fsp3) is 0.0625. The molecular weight excluding hydrogens is 304 g/mol. The number of anilines is 1. The van der Waals surface area contributed by atoms with Gasteiger partial charge in [0.15, 0.2) is 0 Å². The average molecular weight is 317 g/mol. The number of nitrogens with two attached hydrogens (primary N) is 1. The van der Waals surface area contributed by atoms with Gasteiger partial charge in [-0.2, -0.15) is 0 Å². The van der Waals surface area contributed by atoms with Crippen LogP contribution in [0.5, 0.6) is 0 Å². The molecule has 1 unspecified atom stereocenters. The van der Waals surface area contributed by atoms with E-state index in [0.717, 1.165) is 16.6 Å². The van der Waals surface area contributed by atoms with E-state index >= 15 is 0 Å². The highest BCUT2D eigenvalue weighted by atomic mass is 35.5. The van der Waals surface area contributed by atoms with E-state index < -0.39 is 10.8 Å². The molecule has 1 heterocycles. The van der Waals surface area contributed by atoms with Crippen molar-refractivity contribution in [3.8, 4) is 0 Å². The summed E-state index contributed by atoms with van der Waals surface area (Å²) >= 11 is 6.08. The lowest BCUT2D eigenvalue weighted by atomic mass is 10.2. The summed E-state index contributed by atoms with van der Waals surface area (Å²) in [5, 5.41) is 1.53. The Morgan fingerprint density at radius 3 is 2.76 bits per heavy atom. The number of aromatic nitrogens is 1. The van der Waals surface area contributed by atoms with Crippen LogP contribution in [0.4, 0.5) is 5.69 Å². The highest BCUT2D eigenvalue weighted by Crippen LogP contribution is 2.24. The van der Waals surface area contributed by atoms with Crippen LogP contribution >= 0.6 is 11.6 Å². The third-order valence-electron chi connectivity index (χ3n) is 3.14. The minimum absolute atomic E-state index is 0.313. The highest BCUT2D eigenvalue weighted by molar-refractivity contribution is 7.84. The van der Waals surface area contributed by atoms with Crippen LogP contribution in [0.3, 0.4) is 0 Å². The molecule has 0 bridgehead atoms. The van der Waals surface area contributed by atoms with E-state index in [1.807, 2.05) is 36.4 Å². The van der Waals surface area contributed by atoms with Gasteiger partial charge in [-0.25, -0.2) is 0 Å². The zero-order chi connectivity index (χ0) is 14.8. The molecule has 0 saturated heterocycles. The standard InChI is InChI=1S/C16H13ClN2OS/c17-14-8-6-12(18)9-16(14)21(20)10-13-7-5-11-3-1-2-4-15(11)19-13/h1-9H,10,18H2. The first-order chi connectivity index (χ1) is 10.1. The Morgan fingerprint density at radius 1 is 1.10 bits per heavy atom. The second-order valence-electron chi connectivity index (χ2n) is 4.68. The Morgan fingerprint density at radius 2 is 1.90 bits per heavy atom. The van der Waals surface area contributed by atoms with E-state index in [-0.39, 0.29) is 0 Å². The van der Waals surface area contributed by atoms with Gasteiger partial charge in [-0.15, -0.1) is 0 Å². The number of benzene rings is 2. The molecule has 2 aromatic carbocycles. The monoisotopic (exact) mass is 316 g/mol. The van der Waals surface area contributed by atoms with Crippen LogP contribution in [-0.4, -0.2) is 9.19 Å². The number of hydrogen-bond acceptors (Lipinski definition) is 3.